The molecular formula is C21H29N5O5S. The van der Waals surface area contributed by atoms with E-state index in [1.165, 1.54) is 17.7 Å². The smallest absolute Gasteiger partial charge is 0.290 e. The van der Waals surface area contributed by atoms with Gasteiger partial charge in [-0.2, -0.15) is 0 Å². The molecule has 0 bridgehead atoms. The molecule has 2 fully saturated rings. The molecule has 4 rings (SSSR count). The highest BCUT2D eigenvalue weighted by atomic mass is 32.1. The van der Waals surface area contributed by atoms with Crippen LogP contribution in [0, 0.1) is 6.92 Å². The Hall–Kier alpha value is -2.47. The standard InChI is InChI=1S/C20H27N5O3S.CH2O2/c1-14-23-16(12-29-14)17(26)24-19(2)5-8-28-20(18(19)27)3-6-25(7-4-20)11-15-9-21-13-22-10-15;2-1-3/h9-10,12-13,18,27H,3-8,11H2,1-2H3,(H,24,26);1H,(H,2,3)/t18-,19+;/m0./s1. The molecule has 174 valence electrons. The van der Waals surface area contributed by atoms with Gasteiger partial charge in [0.15, 0.2) is 0 Å². The summed E-state index contributed by atoms with van der Waals surface area (Å²) in [7, 11) is 0. The maximum atomic E-state index is 12.7. The van der Waals surface area contributed by atoms with E-state index in [4.69, 9.17) is 14.6 Å². The average Bonchev–Trinajstić information content (AvgIpc) is 3.22. The summed E-state index contributed by atoms with van der Waals surface area (Å²) in [6.07, 6.45) is 6.40. The van der Waals surface area contributed by atoms with E-state index in [9.17, 15) is 9.90 Å². The molecule has 10 nitrogen and oxygen atoms in total. The zero-order valence-electron chi connectivity index (χ0n) is 18.2. The zero-order valence-corrected chi connectivity index (χ0v) is 19.0. The number of nitrogens with one attached hydrogen (secondary N) is 1. The lowest BCUT2D eigenvalue weighted by Crippen LogP contribution is -2.69. The Labute approximate surface area is 190 Å². The van der Waals surface area contributed by atoms with Crippen LogP contribution < -0.4 is 5.32 Å². The number of hydrogen-bond donors (Lipinski definition) is 3. The van der Waals surface area contributed by atoms with Gasteiger partial charge in [0.05, 0.1) is 16.1 Å². The number of nitrogens with zero attached hydrogens (tertiary/aromatic N) is 4. The van der Waals surface area contributed by atoms with Crippen LogP contribution in [0.15, 0.2) is 24.1 Å². The third kappa shape index (κ3) is 5.47. The highest BCUT2D eigenvalue weighted by molar-refractivity contribution is 7.09. The van der Waals surface area contributed by atoms with Crippen molar-refractivity contribution < 1.29 is 24.5 Å². The highest BCUT2D eigenvalue weighted by Crippen LogP contribution is 2.40. The van der Waals surface area contributed by atoms with Crippen molar-refractivity contribution in [2.24, 2.45) is 0 Å². The van der Waals surface area contributed by atoms with E-state index >= 15 is 0 Å². The first-order valence-corrected chi connectivity index (χ1v) is 11.3. The van der Waals surface area contributed by atoms with E-state index < -0.39 is 17.2 Å². The van der Waals surface area contributed by atoms with Gasteiger partial charge in [0.2, 0.25) is 0 Å². The lowest BCUT2D eigenvalue weighted by Gasteiger charge is -2.53. The van der Waals surface area contributed by atoms with Crippen LogP contribution in [0.1, 0.15) is 47.2 Å². The number of carboxylic acid groups (broad SMARTS) is 1. The second-order valence-corrected chi connectivity index (χ2v) is 9.38. The molecule has 4 heterocycles. The van der Waals surface area contributed by atoms with Crippen molar-refractivity contribution in [2.45, 2.75) is 56.9 Å². The SMILES string of the molecule is Cc1nc(C(=O)N[C@]2(C)CCOC3(CCN(Cc4cncnc4)CC3)[C@H]2O)cs1.O=CO. The number of likely N-dealkylation sites (tertiary alicyclic amines) is 1. The first-order valence-electron chi connectivity index (χ1n) is 10.4. The Kier molecular flexibility index (Phi) is 7.88. The third-order valence-electron chi connectivity index (χ3n) is 6.09. The number of aliphatic hydroxyl groups excluding tert-OH is 1. The van der Waals surface area contributed by atoms with Crippen LogP contribution in [-0.2, 0) is 16.1 Å². The van der Waals surface area contributed by atoms with Gasteiger partial charge in [-0.15, -0.1) is 11.3 Å². The number of rotatable bonds is 4. The second-order valence-electron chi connectivity index (χ2n) is 8.32. The zero-order chi connectivity index (χ0) is 23.2. The summed E-state index contributed by atoms with van der Waals surface area (Å²) in [5.41, 5.74) is 0.0927. The first-order chi connectivity index (χ1) is 15.3. The minimum atomic E-state index is -0.783. The highest BCUT2D eigenvalue weighted by Gasteiger charge is 2.53. The molecule has 2 saturated heterocycles. The number of thiazole rings is 1. The predicted molar refractivity (Wildman–Crippen MR) is 117 cm³/mol. The molecule has 32 heavy (non-hydrogen) atoms. The summed E-state index contributed by atoms with van der Waals surface area (Å²) in [4.78, 5) is 35.8. The van der Waals surface area contributed by atoms with Crippen molar-refractivity contribution in [1.29, 1.82) is 0 Å². The van der Waals surface area contributed by atoms with Crippen molar-refractivity contribution in [2.75, 3.05) is 19.7 Å². The van der Waals surface area contributed by atoms with Gasteiger partial charge in [-0.25, -0.2) is 15.0 Å². The molecule has 2 aliphatic heterocycles. The van der Waals surface area contributed by atoms with Crippen molar-refractivity contribution in [3.05, 3.63) is 40.4 Å². The first kappa shape index (κ1) is 24.2. The fourth-order valence-corrected chi connectivity index (χ4v) is 4.95. The van der Waals surface area contributed by atoms with Crippen molar-refractivity contribution >= 4 is 23.7 Å². The quantitative estimate of drug-likeness (QED) is 0.572. The van der Waals surface area contributed by atoms with Gasteiger partial charge < -0.3 is 20.3 Å². The molecule has 2 aromatic heterocycles. The number of hydrogen-bond acceptors (Lipinski definition) is 9. The maximum absolute atomic E-state index is 12.7. The van der Waals surface area contributed by atoms with Crippen molar-refractivity contribution in [3.8, 4) is 0 Å². The molecule has 1 amide bonds. The Morgan fingerprint density at radius 2 is 2.00 bits per heavy atom. The van der Waals surface area contributed by atoms with Gasteiger partial charge in [0, 0.05) is 49.6 Å². The van der Waals surface area contributed by atoms with Gasteiger partial charge in [-0.1, -0.05) is 0 Å². The Morgan fingerprint density at radius 1 is 1.34 bits per heavy atom. The molecule has 2 aliphatic rings. The third-order valence-corrected chi connectivity index (χ3v) is 6.86. The van der Waals surface area contributed by atoms with E-state index in [0.717, 1.165) is 30.2 Å². The molecule has 0 saturated carbocycles. The molecule has 3 N–H and O–H groups in total. The second kappa shape index (κ2) is 10.4. The van der Waals surface area contributed by atoms with Crippen LogP contribution in [0.25, 0.3) is 0 Å². The van der Waals surface area contributed by atoms with Crippen LogP contribution in [0.2, 0.25) is 0 Å². The number of carbonyl (C=O) groups excluding carboxylic acids is 1. The number of aliphatic hydroxyl groups is 1. The summed E-state index contributed by atoms with van der Waals surface area (Å²) in [5.74, 6) is -0.241. The Morgan fingerprint density at radius 3 is 2.59 bits per heavy atom. The molecule has 1 spiro atoms. The Bertz CT molecular complexity index is 903. The number of aryl methyl sites for hydroxylation is 1. The number of piperidine rings is 1. The van der Waals surface area contributed by atoms with Crippen molar-refractivity contribution in [1.82, 2.24) is 25.2 Å². The van der Waals surface area contributed by atoms with Crippen LogP contribution in [0.4, 0.5) is 0 Å². The molecule has 0 aliphatic carbocycles. The number of carbonyl (C=O) groups is 2. The largest absolute Gasteiger partial charge is 0.483 e. The van der Waals surface area contributed by atoms with Gasteiger partial charge in [0.1, 0.15) is 18.1 Å². The van der Waals surface area contributed by atoms with Gasteiger partial charge in [0.25, 0.3) is 12.4 Å². The monoisotopic (exact) mass is 463 g/mol. The van der Waals surface area contributed by atoms with Gasteiger partial charge in [-0.05, 0) is 33.1 Å². The number of aromatic nitrogens is 3. The minimum absolute atomic E-state index is 0.241. The lowest BCUT2D eigenvalue weighted by atomic mass is 9.73. The minimum Gasteiger partial charge on any atom is -0.483 e. The lowest BCUT2D eigenvalue weighted by molar-refractivity contribution is -0.205. The van der Waals surface area contributed by atoms with Crippen LogP contribution >= 0.6 is 11.3 Å². The van der Waals surface area contributed by atoms with Gasteiger partial charge >= 0.3 is 0 Å². The normalized spacial score (nSPS) is 24.9. The molecule has 0 aromatic carbocycles. The summed E-state index contributed by atoms with van der Waals surface area (Å²) in [5, 5.41) is 23.8. The van der Waals surface area contributed by atoms with Crippen molar-refractivity contribution in [3.63, 3.8) is 0 Å². The summed E-state index contributed by atoms with van der Waals surface area (Å²) in [6.45, 7) is 6.44. The van der Waals surface area contributed by atoms with Crippen LogP contribution in [0.5, 0.6) is 0 Å². The summed E-state index contributed by atoms with van der Waals surface area (Å²) < 4.78 is 6.14. The molecular weight excluding hydrogens is 434 g/mol. The topological polar surface area (TPSA) is 138 Å². The fraction of sp³-hybridized carbons (Fsp3) is 0.571. The number of ether oxygens (including phenoxy) is 1. The summed E-state index contributed by atoms with van der Waals surface area (Å²) >= 11 is 1.44. The fourth-order valence-electron chi connectivity index (χ4n) is 4.36. The maximum Gasteiger partial charge on any atom is 0.290 e. The molecule has 2 aromatic rings. The van der Waals surface area contributed by atoms with Crippen LogP contribution in [0.3, 0.4) is 0 Å². The Balaban J connectivity index is 0.000000913. The molecule has 2 atom stereocenters. The van der Waals surface area contributed by atoms with E-state index in [0.29, 0.717) is 31.6 Å². The van der Waals surface area contributed by atoms with E-state index in [2.05, 4.69) is 25.2 Å². The average molecular weight is 464 g/mol. The van der Waals surface area contributed by atoms with E-state index in [1.54, 1.807) is 5.38 Å². The predicted octanol–water partition coefficient (Wildman–Crippen LogP) is 1.25. The van der Waals surface area contributed by atoms with E-state index in [1.807, 2.05) is 26.2 Å². The number of amides is 1. The van der Waals surface area contributed by atoms with E-state index in [-0.39, 0.29) is 12.4 Å². The summed E-state index contributed by atoms with van der Waals surface area (Å²) in [6, 6.07) is 0. The molecule has 0 radical (unpaired) electrons. The molecule has 11 heteroatoms. The molecule has 0 unspecified atom stereocenters. The van der Waals surface area contributed by atoms with Gasteiger partial charge in [-0.3, -0.25) is 14.5 Å². The van der Waals surface area contributed by atoms with Crippen LogP contribution in [-0.4, -0.2) is 79.4 Å².